The Kier molecular flexibility index (Phi) is 3.31. The minimum Gasteiger partial charge on any atom is -0.504 e. The Morgan fingerprint density at radius 2 is 2.00 bits per heavy atom. The van der Waals surface area contributed by atoms with Gasteiger partial charge in [0, 0.05) is 0 Å². The van der Waals surface area contributed by atoms with Crippen LogP contribution in [0.25, 0.3) is 0 Å². The second-order valence-corrected chi connectivity index (χ2v) is 4.14. The molecule has 3 heteroatoms. The van der Waals surface area contributed by atoms with Gasteiger partial charge in [0.1, 0.15) is 6.07 Å². The maximum Gasteiger partial charge on any atom is 0.179 e. The summed E-state index contributed by atoms with van der Waals surface area (Å²) >= 11 is 0. The molecule has 0 aromatic heterocycles. The molecular formula is C13H15NO2. The zero-order chi connectivity index (χ0) is 11.4. The van der Waals surface area contributed by atoms with E-state index in [1.54, 1.807) is 18.2 Å². The first kappa shape index (κ1) is 10.8. The fraction of sp³-hybridized carbons (Fsp3) is 0.462. The highest BCUT2D eigenvalue weighted by Gasteiger charge is 2.18. The lowest BCUT2D eigenvalue weighted by molar-refractivity contribution is 0.149. The smallest absolute Gasteiger partial charge is 0.179 e. The fourth-order valence-corrected chi connectivity index (χ4v) is 2.09. The molecule has 1 aliphatic rings. The largest absolute Gasteiger partial charge is 0.504 e. The van der Waals surface area contributed by atoms with Crippen molar-refractivity contribution >= 4 is 0 Å². The van der Waals surface area contributed by atoms with Crippen molar-refractivity contribution in [3.05, 3.63) is 23.8 Å². The molecule has 1 aliphatic carbocycles. The third-order valence-corrected chi connectivity index (χ3v) is 2.95. The second-order valence-electron chi connectivity index (χ2n) is 4.14. The van der Waals surface area contributed by atoms with Gasteiger partial charge in [-0.3, -0.25) is 0 Å². The number of ether oxygens (including phenoxy) is 1. The molecule has 0 heterocycles. The molecular weight excluding hydrogens is 202 g/mol. The first-order chi connectivity index (χ1) is 7.81. The van der Waals surface area contributed by atoms with Crippen LogP contribution in [0, 0.1) is 11.3 Å². The molecule has 3 nitrogen and oxygen atoms in total. The average Bonchev–Trinajstić information content (AvgIpc) is 2.33. The number of rotatable bonds is 2. The van der Waals surface area contributed by atoms with Gasteiger partial charge in [0.15, 0.2) is 11.5 Å². The van der Waals surface area contributed by atoms with E-state index in [2.05, 4.69) is 0 Å². The van der Waals surface area contributed by atoms with Gasteiger partial charge in [0.25, 0.3) is 0 Å². The summed E-state index contributed by atoms with van der Waals surface area (Å²) in [5.74, 6) is 0.404. The van der Waals surface area contributed by atoms with Crippen LogP contribution in [0.3, 0.4) is 0 Å². The SMILES string of the molecule is N#Cc1cccc(O)c1OC1CCCCC1. The lowest BCUT2D eigenvalue weighted by Crippen LogP contribution is -2.20. The maximum absolute atomic E-state index is 9.68. The number of hydrogen-bond acceptors (Lipinski definition) is 3. The third kappa shape index (κ3) is 2.27. The Labute approximate surface area is 95.3 Å². The van der Waals surface area contributed by atoms with Crippen molar-refractivity contribution in [1.82, 2.24) is 0 Å². The quantitative estimate of drug-likeness (QED) is 0.828. The summed E-state index contributed by atoms with van der Waals surface area (Å²) in [4.78, 5) is 0. The fourth-order valence-electron chi connectivity index (χ4n) is 2.09. The number of aromatic hydroxyl groups is 1. The Bertz CT molecular complexity index is 403. The van der Waals surface area contributed by atoms with E-state index in [4.69, 9.17) is 10.00 Å². The number of phenolic OH excluding ortho intramolecular Hbond substituents is 1. The monoisotopic (exact) mass is 217 g/mol. The topological polar surface area (TPSA) is 53.2 Å². The minimum atomic E-state index is 0.0598. The van der Waals surface area contributed by atoms with Crippen LogP contribution in [0.5, 0.6) is 11.5 Å². The summed E-state index contributed by atoms with van der Waals surface area (Å²) in [6.07, 6.45) is 5.76. The molecule has 0 atom stereocenters. The van der Waals surface area contributed by atoms with Crippen LogP contribution in [0.15, 0.2) is 18.2 Å². The van der Waals surface area contributed by atoms with E-state index in [1.807, 2.05) is 6.07 Å². The highest BCUT2D eigenvalue weighted by Crippen LogP contribution is 2.32. The molecule has 1 fully saturated rings. The van der Waals surface area contributed by atoms with Crippen LogP contribution < -0.4 is 4.74 Å². The molecule has 16 heavy (non-hydrogen) atoms. The van der Waals surface area contributed by atoms with Gasteiger partial charge in [-0.25, -0.2) is 0 Å². The van der Waals surface area contributed by atoms with E-state index in [9.17, 15) is 5.11 Å². The third-order valence-electron chi connectivity index (χ3n) is 2.95. The number of nitriles is 1. The van der Waals surface area contributed by atoms with Gasteiger partial charge in [0.05, 0.1) is 11.7 Å². The first-order valence-electron chi connectivity index (χ1n) is 5.70. The van der Waals surface area contributed by atoms with Gasteiger partial charge >= 0.3 is 0 Å². The van der Waals surface area contributed by atoms with Gasteiger partial charge in [0.2, 0.25) is 0 Å². The van der Waals surface area contributed by atoms with E-state index in [0.29, 0.717) is 11.3 Å². The van der Waals surface area contributed by atoms with Crippen molar-refractivity contribution in [3.8, 4) is 17.6 Å². The highest BCUT2D eigenvalue weighted by atomic mass is 16.5. The molecule has 2 rings (SSSR count). The van der Waals surface area contributed by atoms with Gasteiger partial charge in [-0.2, -0.15) is 5.26 Å². The van der Waals surface area contributed by atoms with Crippen LogP contribution >= 0.6 is 0 Å². The molecule has 0 aliphatic heterocycles. The molecule has 84 valence electrons. The zero-order valence-corrected chi connectivity index (χ0v) is 9.15. The van der Waals surface area contributed by atoms with Crippen LogP contribution in [0.1, 0.15) is 37.7 Å². The van der Waals surface area contributed by atoms with Crippen LogP contribution in [-0.4, -0.2) is 11.2 Å². The van der Waals surface area contributed by atoms with Crippen LogP contribution in [-0.2, 0) is 0 Å². The maximum atomic E-state index is 9.68. The molecule has 1 aromatic rings. The summed E-state index contributed by atoms with van der Waals surface area (Å²) in [6.45, 7) is 0. The van der Waals surface area contributed by atoms with E-state index >= 15 is 0 Å². The Morgan fingerprint density at radius 3 is 2.69 bits per heavy atom. The van der Waals surface area contributed by atoms with Crippen molar-refractivity contribution in [1.29, 1.82) is 5.26 Å². The predicted molar refractivity (Wildman–Crippen MR) is 60.3 cm³/mol. The average molecular weight is 217 g/mol. The number of benzene rings is 1. The van der Waals surface area contributed by atoms with Crippen LogP contribution in [0.2, 0.25) is 0 Å². The Morgan fingerprint density at radius 1 is 1.25 bits per heavy atom. The zero-order valence-electron chi connectivity index (χ0n) is 9.15. The predicted octanol–water partition coefficient (Wildman–Crippen LogP) is 2.98. The second kappa shape index (κ2) is 4.89. The normalized spacial score (nSPS) is 16.7. The van der Waals surface area contributed by atoms with E-state index in [-0.39, 0.29) is 11.9 Å². The summed E-state index contributed by atoms with van der Waals surface area (Å²) in [5, 5.41) is 18.6. The minimum absolute atomic E-state index is 0.0598. The number of hydrogen-bond donors (Lipinski definition) is 1. The lowest BCUT2D eigenvalue weighted by Gasteiger charge is -2.23. The van der Waals surface area contributed by atoms with E-state index < -0.39 is 0 Å². The first-order valence-corrected chi connectivity index (χ1v) is 5.70. The van der Waals surface area contributed by atoms with Crippen molar-refractivity contribution < 1.29 is 9.84 Å². The van der Waals surface area contributed by atoms with Gasteiger partial charge < -0.3 is 9.84 Å². The highest BCUT2D eigenvalue weighted by molar-refractivity contribution is 5.51. The van der Waals surface area contributed by atoms with E-state index in [0.717, 1.165) is 12.8 Å². The molecule has 0 saturated heterocycles. The van der Waals surface area contributed by atoms with Crippen molar-refractivity contribution in [2.45, 2.75) is 38.2 Å². The molecule has 1 aromatic carbocycles. The molecule has 0 amide bonds. The number of nitrogens with zero attached hydrogens (tertiary/aromatic N) is 1. The van der Waals surface area contributed by atoms with Gasteiger partial charge in [-0.05, 0) is 37.8 Å². The van der Waals surface area contributed by atoms with Crippen molar-refractivity contribution in [3.63, 3.8) is 0 Å². The molecule has 1 saturated carbocycles. The molecule has 1 N–H and O–H groups in total. The molecule has 0 bridgehead atoms. The Balaban J connectivity index is 2.16. The molecule has 0 spiro atoms. The molecule has 0 radical (unpaired) electrons. The standard InChI is InChI=1S/C13H15NO2/c14-9-10-5-4-8-12(15)13(10)16-11-6-2-1-3-7-11/h4-5,8,11,15H,1-3,6-7H2. The van der Waals surface area contributed by atoms with Crippen LogP contribution in [0.4, 0.5) is 0 Å². The summed E-state index contributed by atoms with van der Waals surface area (Å²) in [5.41, 5.74) is 0.408. The summed E-state index contributed by atoms with van der Waals surface area (Å²) in [7, 11) is 0. The summed E-state index contributed by atoms with van der Waals surface area (Å²) < 4.78 is 5.74. The number of phenols is 1. The molecule has 0 unspecified atom stereocenters. The summed E-state index contributed by atoms with van der Waals surface area (Å²) in [6, 6.07) is 6.91. The van der Waals surface area contributed by atoms with Gasteiger partial charge in [-0.1, -0.05) is 12.5 Å². The van der Waals surface area contributed by atoms with Crippen molar-refractivity contribution in [2.75, 3.05) is 0 Å². The Hall–Kier alpha value is -1.69. The van der Waals surface area contributed by atoms with Gasteiger partial charge in [-0.15, -0.1) is 0 Å². The lowest BCUT2D eigenvalue weighted by atomic mass is 9.97. The van der Waals surface area contributed by atoms with E-state index in [1.165, 1.54) is 19.3 Å². The number of para-hydroxylation sites is 1. The van der Waals surface area contributed by atoms with Crippen molar-refractivity contribution in [2.24, 2.45) is 0 Å².